The predicted octanol–water partition coefficient (Wildman–Crippen LogP) is 3.13. The van der Waals surface area contributed by atoms with Crippen molar-refractivity contribution in [2.45, 2.75) is 20.3 Å². The summed E-state index contributed by atoms with van der Waals surface area (Å²) in [5.41, 5.74) is 6.02. The molecule has 0 aliphatic rings. The van der Waals surface area contributed by atoms with E-state index in [1.807, 2.05) is 0 Å². The van der Waals surface area contributed by atoms with Crippen molar-refractivity contribution in [2.75, 3.05) is 12.3 Å². The molecule has 0 saturated heterocycles. The second-order valence-corrected chi connectivity index (χ2v) is 5.48. The second-order valence-electron chi connectivity index (χ2n) is 4.62. The largest absolute Gasteiger partial charge is 0.462 e. The van der Waals surface area contributed by atoms with E-state index >= 15 is 0 Å². The molecule has 0 radical (unpaired) electrons. The Kier molecular flexibility index (Phi) is 4.74. The quantitative estimate of drug-likeness (QED) is 0.684. The number of anilines is 1. The molecule has 1 aromatic carbocycles. The van der Waals surface area contributed by atoms with Crippen LogP contribution in [0.4, 0.5) is 5.69 Å². The number of nitrogens with zero attached hydrogens (tertiary/aromatic N) is 1. The van der Waals surface area contributed by atoms with Gasteiger partial charge in [-0.25, -0.2) is 4.79 Å². The Hall–Kier alpha value is -1.54. The standard InChI is InChI=1S/C13H15BrN2O2/c1-13(2,8-15)5-6-18-12(17)10-7-9(16)3-4-11(10)14/h3-4,7H,5-6,16H2,1-2H3. The maximum atomic E-state index is 11.8. The molecule has 0 bridgehead atoms. The van der Waals surface area contributed by atoms with E-state index in [1.54, 1.807) is 32.0 Å². The van der Waals surface area contributed by atoms with Crippen molar-refractivity contribution in [1.82, 2.24) is 0 Å². The van der Waals surface area contributed by atoms with Crippen LogP contribution in [0.3, 0.4) is 0 Å². The van der Waals surface area contributed by atoms with Crippen LogP contribution in [0, 0.1) is 16.7 Å². The summed E-state index contributed by atoms with van der Waals surface area (Å²) in [6.45, 7) is 3.81. The van der Waals surface area contributed by atoms with Crippen molar-refractivity contribution in [3.8, 4) is 6.07 Å². The highest BCUT2D eigenvalue weighted by atomic mass is 79.9. The van der Waals surface area contributed by atoms with Crippen LogP contribution >= 0.6 is 15.9 Å². The number of carbonyl (C=O) groups is 1. The van der Waals surface area contributed by atoms with Gasteiger partial charge in [0.1, 0.15) is 0 Å². The topological polar surface area (TPSA) is 76.1 Å². The minimum absolute atomic E-state index is 0.209. The first-order valence-corrected chi connectivity index (χ1v) is 6.28. The normalized spacial score (nSPS) is 10.8. The van der Waals surface area contributed by atoms with Crippen LogP contribution in [-0.2, 0) is 4.74 Å². The number of ether oxygens (including phenoxy) is 1. The van der Waals surface area contributed by atoms with E-state index in [-0.39, 0.29) is 6.61 Å². The smallest absolute Gasteiger partial charge is 0.339 e. The number of hydrogen-bond donors (Lipinski definition) is 1. The molecule has 0 amide bonds. The molecular weight excluding hydrogens is 296 g/mol. The fourth-order valence-electron chi connectivity index (χ4n) is 1.23. The minimum Gasteiger partial charge on any atom is -0.462 e. The number of hydrogen-bond acceptors (Lipinski definition) is 4. The summed E-state index contributed by atoms with van der Waals surface area (Å²) in [7, 11) is 0. The van der Waals surface area contributed by atoms with Gasteiger partial charge in [-0.05, 0) is 54.4 Å². The van der Waals surface area contributed by atoms with Gasteiger partial charge in [0.25, 0.3) is 0 Å². The third-order valence-electron chi connectivity index (χ3n) is 2.47. The highest BCUT2D eigenvalue weighted by molar-refractivity contribution is 9.10. The number of nitrogens with two attached hydrogens (primary N) is 1. The number of halogens is 1. The van der Waals surface area contributed by atoms with E-state index in [1.165, 1.54) is 0 Å². The van der Waals surface area contributed by atoms with Gasteiger partial charge in [-0.15, -0.1) is 0 Å². The molecule has 5 heteroatoms. The Morgan fingerprint density at radius 1 is 1.56 bits per heavy atom. The summed E-state index contributed by atoms with van der Waals surface area (Å²) in [5.74, 6) is -0.442. The van der Waals surface area contributed by atoms with Gasteiger partial charge in [0.05, 0.1) is 23.7 Å². The van der Waals surface area contributed by atoms with Crippen LogP contribution in [0.2, 0.25) is 0 Å². The number of rotatable bonds is 4. The molecule has 2 N–H and O–H groups in total. The van der Waals surface area contributed by atoms with Gasteiger partial charge in [-0.3, -0.25) is 0 Å². The zero-order valence-electron chi connectivity index (χ0n) is 10.4. The fourth-order valence-corrected chi connectivity index (χ4v) is 1.64. The van der Waals surface area contributed by atoms with Crippen molar-refractivity contribution < 1.29 is 9.53 Å². The zero-order chi connectivity index (χ0) is 13.8. The summed E-state index contributed by atoms with van der Waals surface area (Å²) >= 11 is 3.27. The average Bonchev–Trinajstić information content (AvgIpc) is 2.32. The van der Waals surface area contributed by atoms with Crippen LogP contribution in [-0.4, -0.2) is 12.6 Å². The monoisotopic (exact) mass is 310 g/mol. The Morgan fingerprint density at radius 2 is 2.22 bits per heavy atom. The van der Waals surface area contributed by atoms with Gasteiger partial charge in [0.15, 0.2) is 0 Å². The van der Waals surface area contributed by atoms with Gasteiger partial charge in [-0.2, -0.15) is 5.26 Å². The molecule has 18 heavy (non-hydrogen) atoms. The summed E-state index contributed by atoms with van der Waals surface area (Å²) in [6, 6.07) is 7.11. The van der Waals surface area contributed by atoms with E-state index in [9.17, 15) is 4.79 Å². The highest BCUT2D eigenvalue weighted by Gasteiger charge is 2.18. The maximum absolute atomic E-state index is 11.8. The first-order chi connectivity index (χ1) is 8.35. The van der Waals surface area contributed by atoms with Crippen LogP contribution < -0.4 is 5.73 Å². The molecule has 4 nitrogen and oxygen atoms in total. The fraction of sp³-hybridized carbons (Fsp3) is 0.385. The molecule has 1 aromatic rings. The molecule has 0 fully saturated rings. The van der Waals surface area contributed by atoms with Crippen molar-refractivity contribution >= 4 is 27.6 Å². The molecule has 0 aliphatic carbocycles. The van der Waals surface area contributed by atoms with E-state index < -0.39 is 11.4 Å². The Morgan fingerprint density at radius 3 is 2.83 bits per heavy atom. The SMILES string of the molecule is CC(C)(C#N)CCOC(=O)c1cc(N)ccc1Br. The lowest BCUT2D eigenvalue weighted by Crippen LogP contribution is -2.15. The number of nitrogen functional groups attached to an aromatic ring is 1. The van der Waals surface area contributed by atoms with Crippen LogP contribution in [0.5, 0.6) is 0 Å². The van der Waals surface area contributed by atoms with Gasteiger partial charge in [-0.1, -0.05) is 0 Å². The van der Waals surface area contributed by atoms with Crippen LogP contribution in [0.25, 0.3) is 0 Å². The molecule has 0 aliphatic heterocycles. The number of benzene rings is 1. The van der Waals surface area contributed by atoms with Crippen LogP contribution in [0.1, 0.15) is 30.6 Å². The third-order valence-corrected chi connectivity index (χ3v) is 3.16. The first-order valence-electron chi connectivity index (χ1n) is 5.49. The van der Waals surface area contributed by atoms with E-state index in [0.717, 1.165) is 0 Å². The molecule has 0 atom stereocenters. The summed E-state index contributed by atoms with van der Waals surface area (Å²) in [6.07, 6.45) is 0.495. The predicted molar refractivity (Wildman–Crippen MR) is 72.8 cm³/mol. The van der Waals surface area contributed by atoms with Gasteiger partial charge in [0, 0.05) is 10.2 Å². The zero-order valence-corrected chi connectivity index (χ0v) is 12.0. The lowest BCUT2D eigenvalue weighted by molar-refractivity contribution is 0.0474. The lowest BCUT2D eigenvalue weighted by Gasteiger charge is -2.14. The molecule has 1 rings (SSSR count). The van der Waals surface area contributed by atoms with E-state index in [0.29, 0.717) is 22.1 Å². The second kappa shape index (κ2) is 5.87. The van der Waals surface area contributed by atoms with Crippen molar-refractivity contribution in [3.05, 3.63) is 28.2 Å². The van der Waals surface area contributed by atoms with Gasteiger partial charge in [0.2, 0.25) is 0 Å². The van der Waals surface area contributed by atoms with E-state index in [4.69, 9.17) is 15.7 Å². The number of carbonyl (C=O) groups excluding carboxylic acids is 1. The van der Waals surface area contributed by atoms with Gasteiger partial charge < -0.3 is 10.5 Å². The maximum Gasteiger partial charge on any atom is 0.339 e. The summed E-state index contributed by atoms with van der Waals surface area (Å²) < 4.78 is 5.77. The Balaban J connectivity index is 2.62. The number of nitriles is 1. The van der Waals surface area contributed by atoms with Crippen molar-refractivity contribution in [1.29, 1.82) is 5.26 Å². The van der Waals surface area contributed by atoms with Crippen molar-refractivity contribution in [2.24, 2.45) is 5.41 Å². The summed E-state index contributed by atoms with van der Waals surface area (Å²) in [4.78, 5) is 11.8. The number of esters is 1. The molecule has 0 aromatic heterocycles. The van der Waals surface area contributed by atoms with E-state index in [2.05, 4.69) is 22.0 Å². The van der Waals surface area contributed by atoms with Crippen LogP contribution in [0.15, 0.2) is 22.7 Å². The average molecular weight is 311 g/mol. The molecule has 96 valence electrons. The molecule has 0 heterocycles. The first kappa shape index (κ1) is 14.5. The lowest BCUT2D eigenvalue weighted by atomic mass is 9.92. The highest BCUT2D eigenvalue weighted by Crippen LogP contribution is 2.22. The molecule has 0 unspecified atom stereocenters. The molecule has 0 saturated carbocycles. The molecule has 0 spiro atoms. The minimum atomic E-state index is -0.493. The Bertz CT molecular complexity index is 492. The van der Waals surface area contributed by atoms with Gasteiger partial charge >= 0.3 is 5.97 Å². The third kappa shape index (κ3) is 4.04. The van der Waals surface area contributed by atoms with Crippen molar-refractivity contribution in [3.63, 3.8) is 0 Å². The molecular formula is C13H15BrN2O2. The summed E-state index contributed by atoms with van der Waals surface area (Å²) in [5, 5.41) is 8.84. The Labute approximate surface area is 115 Å².